The zero-order chi connectivity index (χ0) is 14.3. The van der Waals surface area contributed by atoms with Gasteiger partial charge in [0.15, 0.2) is 0 Å². The van der Waals surface area contributed by atoms with Gasteiger partial charge in [0.1, 0.15) is 11.3 Å². The summed E-state index contributed by atoms with van der Waals surface area (Å²) < 4.78 is 5.06. The Kier molecular flexibility index (Phi) is 3.03. The Balaban J connectivity index is 1.69. The van der Waals surface area contributed by atoms with E-state index in [1.807, 2.05) is 4.90 Å². The molecule has 108 valence electrons. The molecule has 2 amide bonds. The number of aryl methyl sites for hydroxylation is 2. The molecule has 2 aliphatic rings. The van der Waals surface area contributed by atoms with Crippen LogP contribution < -0.4 is 5.32 Å². The van der Waals surface area contributed by atoms with E-state index in [1.165, 1.54) is 0 Å². The van der Waals surface area contributed by atoms with Gasteiger partial charge in [0.05, 0.1) is 5.69 Å². The minimum Gasteiger partial charge on any atom is -0.361 e. The first kappa shape index (κ1) is 13.1. The van der Waals surface area contributed by atoms with Crippen molar-refractivity contribution in [1.82, 2.24) is 15.4 Å². The summed E-state index contributed by atoms with van der Waals surface area (Å²) in [4.78, 5) is 25.8. The maximum Gasteiger partial charge on any atom is 0.259 e. The Bertz CT molecular complexity index is 537. The SMILES string of the molecule is Cc1noc(C)c1C(=O)N1CCC2(CC1)CNC(=O)C2. The average Bonchev–Trinajstić information content (AvgIpc) is 2.94. The zero-order valence-electron chi connectivity index (χ0n) is 11.9. The molecule has 3 heterocycles. The van der Waals surface area contributed by atoms with Crippen molar-refractivity contribution in [3.63, 3.8) is 0 Å². The van der Waals surface area contributed by atoms with Crippen molar-refractivity contribution in [3.05, 3.63) is 17.0 Å². The van der Waals surface area contributed by atoms with Crippen LogP contribution in [0, 0.1) is 19.3 Å². The van der Waals surface area contributed by atoms with Gasteiger partial charge in [-0.2, -0.15) is 0 Å². The molecule has 0 atom stereocenters. The molecule has 0 aliphatic carbocycles. The number of aromatic nitrogens is 1. The van der Waals surface area contributed by atoms with E-state index >= 15 is 0 Å². The highest BCUT2D eigenvalue weighted by molar-refractivity contribution is 5.96. The van der Waals surface area contributed by atoms with E-state index in [9.17, 15) is 9.59 Å². The molecule has 0 unspecified atom stereocenters. The fourth-order valence-corrected chi connectivity index (χ4v) is 3.24. The van der Waals surface area contributed by atoms with Crippen LogP contribution in [0.1, 0.15) is 41.1 Å². The van der Waals surface area contributed by atoms with Crippen LogP contribution in [0.2, 0.25) is 0 Å². The fraction of sp³-hybridized carbons (Fsp3) is 0.643. The molecule has 1 N–H and O–H groups in total. The van der Waals surface area contributed by atoms with Crippen LogP contribution in [-0.2, 0) is 4.79 Å². The van der Waals surface area contributed by atoms with Crippen molar-refractivity contribution >= 4 is 11.8 Å². The molecule has 1 aromatic rings. The number of nitrogens with zero attached hydrogens (tertiary/aromatic N) is 2. The first-order chi connectivity index (χ1) is 9.51. The maximum absolute atomic E-state index is 12.5. The molecule has 1 spiro atoms. The second-order valence-corrected chi connectivity index (χ2v) is 5.94. The number of carbonyl (C=O) groups is 2. The predicted molar refractivity (Wildman–Crippen MR) is 71.2 cm³/mol. The molecule has 2 fully saturated rings. The van der Waals surface area contributed by atoms with E-state index in [0.29, 0.717) is 36.5 Å². The van der Waals surface area contributed by atoms with Crippen LogP contribution in [0.25, 0.3) is 0 Å². The Hall–Kier alpha value is -1.85. The molecular weight excluding hydrogens is 258 g/mol. The Morgan fingerprint density at radius 1 is 1.35 bits per heavy atom. The van der Waals surface area contributed by atoms with E-state index in [1.54, 1.807) is 13.8 Å². The lowest BCUT2D eigenvalue weighted by Crippen LogP contribution is -2.44. The number of nitrogens with one attached hydrogen (secondary N) is 1. The molecule has 6 nitrogen and oxygen atoms in total. The molecule has 2 aliphatic heterocycles. The molecule has 2 saturated heterocycles. The van der Waals surface area contributed by atoms with Gasteiger partial charge in [-0.25, -0.2) is 0 Å². The summed E-state index contributed by atoms with van der Waals surface area (Å²) in [7, 11) is 0. The van der Waals surface area contributed by atoms with E-state index in [4.69, 9.17) is 4.52 Å². The van der Waals surface area contributed by atoms with Crippen LogP contribution >= 0.6 is 0 Å². The van der Waals surface area contributed by atoms with Gasteiger partial charge in [0, 0.05) is 26.1 Å². The van der Waals surface area contributed by atoms with Gasteiger partial charge in [-0.1, -0.05) is 5.16 Å². The molecule has 20 heavy (non-hydrogen) atoms. The molecule has 3 rings (SSSR count). The molecule has 0 bridgehead atoms. The minimum absolute atomic E-state index is 0.00613. The van der Waals surface area contributed by atoms with Gasteiger partial charge in [-0.15, -0.1) is 0 Å². The van der Waals surface area contributed by atoms with Crippen molar-refractivity contribution in [2.45, 2.75) is 33.1 Å². The maximum atomic E-state index is 12.5. The third-order valence-electron chi connectivity index (χ3n) is 4.55. The smallest absolute Gasteiger partial charge is 0.259 e. The molecule has 1 aromatic heterocycles. The Morgan fingerprint density at radius 3 is 2.55 bits per heavy atom. The molecule has 0 saturated carbocycles. The number of hydrogen-bond acceptors (Lipinski definition) is 4. The van der Waals surface area contributed by atoms with E-state index < -0.39 is 0 Å². The van der Waals surface area contributed by atoms with Crippen LogP contribution in [-0.4, -0.2) is 41.5 Å². The second-order valence-electron chi connectivity index (χ2n) is 5.94. The Labute approximate surface area is 117 Å². The number of piperidine rings is 1. The van der Waals surface area contributed by atoms with Gasteiger partial charge in [-0.05, 0) is 32.1 Å². The number of rotatable bonds is 1. The van der Waals surface area contributed by atoms with Crippen molar-refractivity contribution in [2.24, 2.45) is 5.41 Å². The molecular formula is C14H19N3O3. The normalized spacial score (nSPS) is 21.3. The quantitative estimate of drug-likeness (QED) is 0.832. The van der Waals surface area contributed by atoms with Gasteiger partial charge >= 0.3 is 0 Å². The highest BCUT2D eigenvalue weighted by Crippen LogP contribution is 2.37. The van der Waals surface area contributed by atoms with E-state index in [2.05, 4.69) is 10.5 Å². The summed E-state index contributed by atoms with van der Waals surface area (Å²) in [5, 5.41) is 6.74. The summed E-state index contributed by atoms with van der Waals surface area (Å²) in [6, 6.07) is 0. The summed E-state index contributed by atoms with van der Waals surface area (Å²) in [5.74, 6) is 0.703. The minimum atomic E-state index is -0.00613. The van der Waals surface area contributed by atoms with E-state index in [0.717, 1.165) is 19.4 Å². The van der Waals surface area contributed by atoms with Gasteiger partial charge in [0.25, 0.3) is 5.91 Å². The largest absolute Gasteiger partial charge is 0.361 e. The number of likely N-dealkylation sites (tertiary alicyclic amines) is 1. The van der Waals surface area contributed by atoms with Gasteiger partial charge < -0.3 is 14.7 Å². The predicted octanol–water partition coefficient (Wildman–Crippen LogP) is 1.03. The lowest BCUT2D eigenvalue weighted by atomic mass is 9.77. The molecule has 0 radical (unpaired) electrons. The molecule has 0 aromatic carbocycles. The number of carbonyl (C=O) groups excluding carboxylic acids is 2. The van der Waals surface area contributed by atoms with Crippen LogP contribution in [0.4, 0.5) is 0 Å². The van der Waals surface area contributed by atoms with Gasteiger partial charge in [-0.3, -0.25) is 9.59 Å². The first-order valence-electron chi connectivity index (χ1n) is 7.00. The summed E-state index contributed by atoms with van der Waals surface area (Å²) in [6.07, 6.45) is 2.35. The highest BCUT2D eigenvalue weighted by atomic mass is 16.5. The molecule has 6 heteroatoms. The topological polar surface area (TPSA) is 75.4 Å². The lowest BCUT2D eigenvalue weighted by Gasteiger charge is -2.38. The third kappa shape index (κ3) is 2.09. The van der Waals surface area contributed by atoms with E-state index in [-0.39, 0.29) is 17.2 Å². The second kappa shape index (κ2) is 4.61. The summed E-state index contributed by atoms with van der Waals surface area (Å²) in [6.45, 7) is 5.68. The number of amides is 2. The third-order valence-corrected chi connectivity index (χ3v) is 4.55. The summed E-state index contributed by atoms with van der Waals surface area (Å²) in [5.41, 5.74) is 1.29. The fourth-order valence-electron chi connectivity index (χ4n) is 3.24. The van der Waals surface area contributed by atoms with Crippen molar-refractivity contribution in [3.8, 4) is 0 Å². The summed E-state index contributed by atoms with van der Waals surface area (Å²) >= 11 is 0. The standard InChI is InChI=1S/C14H19N3O3/c1-9-12(10(2)20-16-9)13(19)17-5-3-14(4-6-17)7-11(18)15-8-14/h3-8H2,1-2H3,(H,15,18). The van der Waals surface area contributed by atoms with Crippen LogP contribution in [0.15, 0.2) is 4.52 Å². The van der Waals surface area contributed by atoms with Crippen molar-refractivity contribution in [1.29, 1.82) is 0 Å². The zero-order valence-corrected chi connectivity index (χ0v) is 11.9. The first-order valence-corrected chi connectivity index (χ1v) is 7.00. The highest BCUT2D eigenvalue weighted by Gasteiger charge is 2.42. The lowest BCUT2D eigenvalue weighted by molar-refractivity contribution is -0.119. The van der Waals surface area contributed by atoms with Crippen LogP contribution in [0.3, 0.4) is 0 Å². The Morgan fingerprint density at radius 2 is 2.05 bits per heavy atom. The number of hydrogen-bond donors (Lipinski definition) is 1. The van der Waals surface area contributed by atoms with Gasteiger partial charge in [0.2, 0.25) is 5.91 Å². The monoisotopic (exact) mass is 277 g/mol. The average molecular weight is 277 g/mol. The van der Waals surface area contributed by atoms with Crippen molar-refractivity contribution in [2.75, 3.05) is 19.6 Å². The van der Waals surface area contributed by atoms with Crippen molar-refractivity contribution < 1.29 is 14.1 Å². The van der Waals surface area contributed by atoms with Crippen LogP contribution in [0.5, 0.6) is 0 Å².